The summed E-state index contributed by atoms with van der Waals surface area (Å²) >= 11 is 0. The summed E-state index contributed by atoms with van der Waals surface area (Å²) in [7, 11) is 1.61. The quantitative estimate of drug-likeness (QED) is 0.599. The molecule has 0 atom stereocenters. The second kappa shape index (κ2) is 5.34. The minimum Gasteiger partial charge on any atom is -0.494 e. The highest BCUT2D eigenvalue weighted by Crippen LogP contribution is 2.35. The summed E-state index contributed by atoms with van der Waals surface area (Å²) in [4.78, 5) is 16.5. The second-order valence-corrected chi connectivity index (χ2v) is 4.72. The standard InChI is InChI=1S/C15H19NO2/c1-4-16-13-8-10(2)12(9-14(13)18-3)15(17)11-6-5-7-11/h4,8-9,11H,5-7H2,1-3H3/b16-4+. The number of carbonyl (C=O) groups is 1. The van der Waals surface area contributed by atoms with Gasteiger partial charge in [-0.2, -0.15) is 0 Å². The number of hydrogen-bond donors (Lipinski definition) is 0. The normalized spacial score (nSPS) is 15.7. The number of carbonyl (C=O) groups excluding carboxylic acids is 1. The van der Waals surface area contributed by atoms with Gasteiger partial charge in [0.1, 0.15) is 11.4 Å². The molecular weight excluding hydrogens is 226 g/mol. The van der Waals surface area contributed by atoms with Gasteiger partial charge in [-0.3, -0.25) is 9.79 Å². The Bertz CT molecular complexity index is 488. The summed E-state index contributed by atoms with van der Waals surface area (Å²) in [6, 6.07) is 3.75. The van der Waals surface area contributed by atoms with E-state index in [4.69, 9.17) is 4.74 Å². The molecule has 96 valence electrons. The first-order valence-electron chi connectivity index (χ1n) is 6.39. The largest absolute Gasteiger partial charge is 0.494 e. The Labute approximate surface area is 108 Å². The van der Waals surface area contributed by atoms with E-state index in [0.717, 1.165) is 29.7 Å². The van der Waals surface area contributed by atoms with Crippen molar-refractivity contribution in [1.29, 1.82) is 0 Å². The van der Waals surface area contributed by atoms with Gasteiger partial charge in [-0.05, 0) is 44.4 Å². The van der Waals surface area contributed by atoms with Gasteiger partial charge in [0.2, 0.25) is 0 Å². The van der Waals surface area contributed by atoms with Crippen molar-refractivity contribution in [1.82, 2.24) is 0 Å². The molecule has 0 radical (unpaired) electrons. The Morgan fingerprint density at radius 1 is 1.44 bits per heavy atom. The van der Waals surface area contributed by atoms with Crippen LogP contribution in [0.3, 0.4) is 0 Å². The maximum Gasteiger partial charge on any atom is 0.166 e. The van der Waals surface area contributed by atoms with Gasteiger partial charge in [0.25, 0.3) is 0 Å². The van der Waals surface area contributed by atoms with Crippen molar-refractivity contribution < 1.29 is 9.53 Å². The molecule has 1 fully saturated rings. The number of methoxy groups -OCH3 is 1. The van der Waals surface area contributed by atoms with Gasteiger partial charge in [0.15, 0.2) is 5.78 Å². The SMILES string of the molecule is C/C=N/c1cc(C)c(C(=O)C2CCC2)cc1OC. The predicted molar refractivity (Wildman–Crippen MR) is 73.2 cm³/mol. The summed E-state index contributed by atoms with van der Waals surface area (Å²) in [5, 5.41) is 0. The zero-order valence-electron chi connectivity index (χ0n) is 11.2. The van der Waals surface area contributed by atoms with Crippen LogP contribution in [-0.4, -0.2) is 19.1 Å². The van der Waals surface area contributed by atoms with E-state index in [1.165, 1.54) is 6.42 Å². The number of ether oxygens (including phenoxy) is 1. The van der Waals surface area contributed by atoms with E-state index in [1.807, 2.05) is 26.0 Å². The number of aryl methyl sites for hydroxylation is 1. The van der Waals surface area contributed by atoms with Crippen molar-refractivity contribution in [3.63, 3.8) is 0 Å². The van der Waals surface area contributed by atoms with Gasteiger partial charge in [-0.1, -0.05) is 6.42 Å². The smallest absolute Gasteiger partial charge is 0.166 e. The highest BCUT2D eigenvalue weighted by Gasteiger charge is 2.27. The van der Waals surface area contributed by atoms with Crippen LogP contribution >= 0.6 is 0 Å². The minimum absolute atomic E-state index is 0.217. The molecule has 1 aromatic carbocycles. The molecule has 1 aromatic rings. The molecule has 1 saturated carbocycles. The van der Waals surface area contributed by atoms with E-state index in [1.54, 1.807) is 13.3 Å². The first-order valence-corrected chi connectivity index (χ1v) is 6.39. The number of hydrogen-bond acceptors (Lipinski definition) is 3. The number of benzene rings is 1. The van der Waals surface area contributed by atoms with Crippen LogP contribution in [0.2, 0.25) is 0 Å². The molecule has 0 aromatic heterocycles. The zero-order valence-corrected chi connectivity index (χ0v) is 11.2. The summed E-state index contributed by atoms with van der Waals surface area (Å²) in [6.45, 7) is 3.82. The third-order valence-corrected chi connectivity index (χ3v) is 3.54. The molecule has 3 nitrogen and oxygen atoms in total. The molecule has 1 aliphatic carbocycles. The topological polar surface area (TPSA) is 38.7 Å². The first-order chi connectivity index (χ1) is 8.67. The molecule has 2 rings (SSSR count). The second-order valence-electron chi connectivity index (χ2n) is 4.72. The Morgan fingerprint density at radius 3 is 2.67 bits per heavy atom. The van der Waals surface area contributed by atoms with Gasteiger partial charge >= 0.3 is 0 Å². The van der Waals surface area contributed by atoms with E-state index in [0.29, 0.717) is 5.75 Å². The third-order valence-electron chi connectivity index (χ3n) is 3.54. The highest BCUT2D eigenvalue weighted by atomic mass is 16.5. The average molecular weight is 245 g/mol. The van der Waals surface area contributed by atoms with Crippen LogP contribution in [0.15, 0.2) is 17.1 Å². The number of aliphatic imine (C=N–C) groups is 1. The van der Waals surface area contributed by atoms with Crippen LogP contribution in [0, 0.1) is 12.8 Å². The molecule has 18 heavy (non-hydrogen) atoms. The van der Waals surface area contributed by atoms with Crippen molar-refractivity contribution in [2.24, 2.45) is 10.9 Å². The van der Waals surface area contributed by atoms with Crippen LogP contribution in [0.5, 0.6) is 5.75 Å². The number of Topliss-reactive ketones (excluding diaryl/α,β-unsaturated/α-hetero) is 1. The lowest BCUT2D eigenvalue weighted by Gasteiger charge is -2.24. The van der Waals surface area contributed by atoms with Gasteiger partial charge in [0, 0.05) is 17.7 Å². The summed E-state index contributed by atoms with van der Waals surface area (Å²) < 4.78 is 5.31. The molecule has 0 bridgehead atoms. The van der Waals surface area contributed by atoms with Crippen molar-refractivity contribution in [3.05, 3.63) is 23.3 Å². The average Bonchev–Trinajstić information content (AvgIpc) is 2.27. The summed E-state index contributed by atoms with van der Waals surface area (Å²) in [6.07, 6.45) is 4.94. The van der Waals surface area contributed by atoms with Crippen LogP contribution < -0.4 is 4.74 Å². The summed E-state index contributed by atoms with van der Waals surface area (Å²) in [5.74, 6) is 1.14. The Kier molecular flexibility index (Phi) is 3.80. The molecule has 1 aliphatic rings. The molecule has 0 aliphatic heterocycles. The lowest BCUT2D eigenvalue weighted by atomic mass is 9.79. The molecule has 0 amide bonds. The molecular formula is C15H19NO2. The minimum atomic E-state index is 0.217. The summed E-state index contributed by atoms with van der Waals surface area (Å²) in [5.41, 5.74) is 2.54. The molecule has 0 N–H and O–H groups in total. The molecule has 0 heterocycles. The van der Waals surface area contributed by atoms with Crippen LogP contribution in [0.25, 0.3) is 0 Å². The fourth-order valence-electron chi connectivity index (χ4n) is 2.23. The highest BCUT2D eigenvalue weighted by molar-refractivity contribution is 6.00. The maximum atomic E-state index is 12.3. The van der Waals surface area contributed by atoms with Crippen LogP contribution in [-0.2, 0) is 0 Å². The van der Waals surface area contributed by atoms with Gasteiger partial charge < -0.3 is 4.74 Å². The number of nitrogens with zero attached hydrogens (tertiary/aromatic N) is 1. The maximum absolute atomic E-state index is 12.3. The lowest BCUT2D eigenvalue weighted by molar-refractivity contribution is 0.0854. The molecule has 0 spiro atoms. The van der Waals surface area contributed by atoms with Gasteiger partial charge in [-0.25, -0.2) is 0 Å². The van der Waals surface area contributed by atoms with Crippen molar-refractivity contribution in [3.8, 4) is 5.75 Å². The monoisotopic (exact) mass is 245 g/mol. The van der Waals surface area contributed by atoms with Gasteiger partial charge in [0.05, 0.1) is 7.11 Å². The lowest BCUT2D eigenvalue weighted by Crippen LogP contribution is -2.22. The van der Waals surface area contributed by atoms with Crippen molar-refractivity contribution in [2.75, 3.05) is 7.11 Å². The van der Waals surface area contributed by atoms with Crippen molar-refractivity contribution in [2.45, 2.75) is 33.1 Å². The van der Waals surface area contributed by atoms with E-state index in [-0.39, 0.29) is 11.7 Å². The Balaban J connectivity index is 2.39. The van der Waals surface area contributed by atoms with Crippen LogP contribution in [0.4, 0.5) is 5.69 Å². The van der Waals surface area contributed by atoms with E-state index in [2.05, 4.69) is 4.99 Å². The third kappa shape index (κ3) is 2.30. The van der Waals surface area contributed by atoms with E-state index in [9.17, 15) is 4.79 Å². The number of ketones is 1. The first kappa shape index (κ1) is 12.8. The van der Waals surface area contributed by atoms with E-state index < -0.39 is 0 Å². The predicted octanol–water partition coefficient (Wildman–Crippen LogP) is 3.71. The Hall–Kier alpha value is -1.64. The van der Waals surface area contributed by atoms with E-state index >= 15 is 0 Å². The van der Waals surface area contributed by atoms with Crippen LogP contribution in [0.1, 0.15) is 42.1 Å². The number of rotatable bonds is 4. The zero-order chi connectivity index (χ0) is 13.1. The molecule has 0 unspecified atom stereocenters. The van der Waals surface area contributed by atoms with Crippen molar-refractivity contribution >= 4 is 17.7 Å². The fourth-order valence-corrected chi connectivity index (χ4v) is 2.23. The van der Waals surface area contributed by atoms with Gasteiger partial charge in [-0.15, -0.1) is 0 Å². The Morgan fingerprint density at radius 2 is 2.17 bits per heavy atom. The molecule has 3 heteroatoms. The fraction of sp³-hybridized carbons (Fsp3) is 0.467. The molecule has 0 saturated heterocycles.